The Labute approximate surface area is 87.2 Å². The molecule has 1 unspecified atom stereocenters. The van der Waals surface area contributed by atoms with E-state index in [1.807, 2.05) is 6.26 Å². The van der Waals surface area contributed by atoms with Crippen LogP contribution in [0.4, 0.5) is 0 Å². The molecular formula is C8H15NO4S. The Morgan fingerprint density at radius 1 is 1.57 bits per heavy atom. The second kappa shape index (κ2) is 7.64. The SMILES string of the molecule is COCC(NC(=O)CCSC)C(=O)O. The van der Waals surface area contributed by atoms with Crippen LogP contribution in [0.2, 0.25) is 0 Å². The minimum atomic E-state index is -1.08. The smallest absolute Gasteiger partial charge is 0.328 e. The first-order valence-electron chi connectivity index (χ1n) is 4.11. The fourth-order valence-corrected chi connectivity index (χ4v) is 1.19. The number of hydrogen-bond donors (Lipinski definition) is 2. The van der Waals surface area contributed by atoms with Crippen LogP contribution in [0.1, 0.15) is 6.42 Å². The summed E-state index contributed by atoms with van der Waals surface area (Å²) < 4.78 is 4.67. The number of carbonyl (C=O) groups excluding carboxylic acids is 1. The molecule has 0 aromatic heterocycles. The van der Waals surface area contributed by atoms with Gasteiger partial charge in [-0.25, -0.2) is 4.79 Å². The van der Waals surface area contributed by atoms with Crippen LogP contribution in [0.25, 0.3) is 0 Å². The average molecular weight is 221 g/mol. The Balaban J connectivity index is 3.90. The fourth-order valence-electron chi connectivity index (χ4n) is 0.803. The van der Waals surface area contributed by atoms with Crippen molar-refractivity contribution >= 4 is 23.6 Å². The quantitative estimate of drug-likeness (QED) is 0.630. The summed E-state index contributed by atoms with van der Waals surface area (Å²) in [5, 5.41) is 11.1. The monoisotopic (exact) mass is 221 g/mol. The summed E-state index contributed by atoms with van der Waals surface area (Å²) >= 11 is 1.54. The first-order valence-corrected chi connectivity index (χ1v) is 5.51. The Hall–Kier alpha value is -0.750. The van der Waals surface area contributed by atoms with Gasteiger partial charge in [-0.15, -0.1) is 0 Å². The van der Waals surface area contributed by atoms with Crippen LogP contribution in [-0.2, 0) is 14.3 Å². The molecule has 5 nitrogen and oxygen atoms in total. The Kier molecular flexibility index (Phi) is 7.23. The molecule has 1 amide bonds. The molecule has 0 aliphatic rings. The number of hydrogen-bond acceptors (Lipinski definition) is 4. The highest BCUT2D eigenvalue weighted by Crippen LogP contribution is 1.96. The number of aliphatic carboxylic acids is 1. The Bertz CT molecular complexity index is 198. The maximum atomic E-state index is 11.1. The topological polar surface area (TPSA) is 75.6 Å². The second-order valence-electron chi connectivity index (χ2n) is 2.66. The lowest BCUT2D eigenvalue weighted by molar-refractivity contribution is -0.143. The minimum absolute atomic E-state index is 0.0136. The first-order chi connectivity index (χ1) is 6.61. The summed E-state index contributed by atoms with van der Waals surface area (Å²) in [5.41, 5.74) is 0. The number of carboxylic acid groups (broad SMARTS) is 1. The highest BCUT2D eigenvalue weighted by molar-refractivity contribution is 7.98. The molecule has 0 saturated carbocycles. The number of carboxylic acids is 1. The average Bonchev–Trinajstić information content (AvgIpc) is 2.14. The van der Waals surface area contributed by atoms with Crippen LogP contribution in [0.15, 0.2) is 0 Å². The molecule has 0 rings (SSSR count). The third-order valence-corrected chi connectivity index (χ3v) is 2.11. The van der Waals surface area contributed by atoms with E-state index in [0.29, 0.717) is 12.2 Å². The highest BCUT2D eigenvalue weighted by Gasteiger charge is 2.18. The summed E-state index contributed by atoms with van der Waals surface area (Å²) in [6.45, 7) is -0.0136. The van der Waals surface area contributed by atoms with E-state index in [9.17, 15) is 9.59 Å². The lowest BCUT2D eigenvalue weighted by Gasteiger charge is -2.12. The van der Waals surface area contributed by atoms with Crippen LogP contribution in [0.5, 0.6) is 0 Å². The molecule has 0 aromatic carbocycles. The number of nitrogens with one attached hydrogen (secondary N) is 1. The molecule has 0 radical (unpaired) electrons. The molecule has 0 aliphatic heterocycles. The van der Waals surface area contributed by atoms with Crippen molar-refractivity contribution in [2.24, 2.45) is 0 Å². The lowest BCUT2D eigenvalue weighted by Crippen LogP contribution is -2.43. The van der Waals surface area contributed by atoms with Crippen LogP contribution in [-0.4, -0.2) is 48.8 Å². The summed E-state index contributed by atoms with van der Waals surface area (Å²) in [7, 11) is 1.39. The van der Waals surface area contributed by atoms with Crippen molar-refractivity contribution in [3.8, 4) is 0 Å². The van der Waals surface area contributed by atoms with Gasteiger partial charge < -0.3 is 15.2 Å². The molecule has 0 saturated heterocycles. The number of methoxy groups -OCH3 is 1. The van der Waals surface area contributed by atoms with Crippen molar-refractivity contribution in [3.05, 3.63) is 0 Å². The zero-order chi connectivity index (χ0) is 11.0. The second-order valence-corrected chi connectivity index (χ2v) is 3.64. The highest BCUT2D eigenvalue weighted by atomic mass is 32.2. The molecule has 82 valence electrons. The summed E-state index contributed by atoms with van der Waals surface area (Å²) in [5.74, 6) is -0.654. The van der Waals surface area contributed by atoms with Crippen molar-refractivity contribution < 1.29 is 19.4 Å². The molecule has 14 heavy (non-hydrogen) atoms. The Morgan fingerprint density at radius 2 is 2.21 bits per heavy atom. The van der Waals surface area contributed by atoms with E-state index in [1.54, 1.807) is 0 Å². The molecule has 0 aliphatic carbocycles. The van der Waals surface area contributed by atoms with Gasteiger partial charge >= 0.3 is 5.97 Å². The van der Waals surface area contributed by atoms with Crippen molar-refractivity contribution in [2.45, 2.75) is 12.5 Å². The van der Waals surface area contributed by atoms with E-state index in [-0.39, 0.29) is 12.5 Å². The van der Waals surface area contributed by atoms with Crippen LogP contribution in [0, 0.1) is 0 Å². The number of rotatable bonds is 7. The lowest BCUT2D eigenvalue weighted by atomic mass is 10.3. The molecule has 6 heteroatoms. The molecular weight excluding hydrogens is 206 g/mol. The predicted molar refractivity (Wildman–Crippen MR) is 54.4 cm³/mol. The van der Waals surface area contributed by atoms with Crippen LogP contribution in [0.3, 0.4) is 0 Å². The van der Waals surface area contributed by atoms with Crippen LogP contribution < -0.4 is 5.32 Å². The predicted octanol–water partition coefficient (Wildman–Crippen LogP) is -0.0447. The molecule has 2 N–H and O–H groups in total. The number of carbonyl (C=O) groups is 2. The van der Waals surface area contributed by atoms with Gasteiger partial charge in [-0.2, -0.15) is 11.8 Å². The summed E-state index contributed by atoms with van der Waals surface area (Å²) in [6, 6.07) is -0.950. The van der Waals surface area contributed by atoms with Gasteiger partial charge in [0, 0.05) is 19.3 Å². The largest absolute Gasteiger partial charge is 0.480 e. The normalized spacial score (nSPS) is 12.1. The molecule has 0 bridgehead atoms. The van der Waals surface area contributed by atoms with Gasteiger partial charge in [-0.05, 0) is 6.26 Å². The van der Waals surface area contributed by atoms with Gasteiger partial charge in [0.2, 0.25) is 5.91 Å². The van der Waals surface area contributed by atoms with Gasteiger partial charge in [0.15, 0.2) is 6.04 Å². The zero-order valence-electron chi connectivity index (χ0n) is 8.28. The maximum absolute atomic E-state index is 11.1. The van der Waals surface area contributed by atoms with E-state index in [4.69, 9.17) is 5.11 Å². The van der Waals surface area contributed by atoms with E-state index in [1.165, 1.54) is 18.9 Å². The molecule has 0 heterocycles. The number of ether oxygens (including phenoxy) is 1. The fraction of sp³-hybridized carbons (Fsp3) is 0.750. The van der Waals surface area contributed by atoms with Gasteiger partial charge in [0.1, 0.15) is 0 Å². The zero-order valence-corrected chi connectivity index (χ0v) is 9.10. The van der Waals surface area contributed by atoms with Crippen LogP contribution >= 0.6 is 11.8 Å². The molecule has 1 atom stereocenters. The molecule has 0 aromatic rings. The third-order valence-electron chi connectivity index (χ3n) is 1.50. The van der Waals surface area contributed by atoms with Crippen molar-refractivity contribution in [1.29, 1.82) is 0 Å². The van der Waals surface area contributed by atoms with E-state index in [2.05, 4.69) is 10.1 Å². The van der Waals surface area contributed by atoms with Crippen molar-refractivity contribution in [3.63, 3.8) is 0 Å². The van der Waals surface area contributed by atoms with Gasteiger partial charge in [-0.3, -0.25) is 4.79 Å². The molecule has 0 spiro atoms. The minimum Gasteiger partial charge on any atom is -0.480 e. The van der Waals surface area contributed by atoms with E-state index < -0.39 is 12.0 Å². The third kappa shape index (κ3) is 5.82. The van der Waals surface area contributed by atoms with Crippen molar-refractivity contribution in [2.75, 3.05) is 25.7 Å². The Morgan fingerprint density at radius 3 is 2.64 bits per heavy atom. The summed E-state index contributed by atoms with van der Waals surface area (Å²) in [6.07, 6.45) is 2.21. The summed E-state index contributed by atoms with van der Waals surface area (Å²) in [4.78, 5) is 21.7. The maximum Gasteiger partial charge on any atom is 0.328 e. The van der Waals surface area contributed by atoms with Gasteiger partial charge in [0.05, 0.1) is 6.61 Å². The number of amides is 1. The van der Waals surface area contributed by atoms with Gasteiger partial charge in [-0.1, -0.05) is 0 Å². The van der Waals surface area contributed by atoms with E-state index >= 15 is 0 Å². The van der Waals surface area contributed by atoms with Crippen molar-refractivity contribution in [1.82, 2.24) is 5.32 Å². The number of thioether (sulfide) groups is 1. The van der Waals surface area contributed by atoms with Gasteiger partial charge in [0.25, 0.3) is 0 Å². The standard InChI is InChI=1S/C8H15NO4S/c1-13-5-6(8(11)12)9-7(10)3-4-14-2/h6H,3-5H2,1-2H3,(H,9,10)(H,11,12). The molecule has 0 fully saturated rings. The first kappa shape index (κ1) is 13.2. The van der Waals surface area contributed by atoms with E-state index in [0.717, 1.165) is 0 Å².